The number of carbonyl (C=O) groups is 1. The summed E-state index contributed by atoms with van der Waals surface area (Å²) in [6, 6.07) is 21.3. The van der Waals surface area contributed by atoms with Gasteiger partial charge in [-0.05, 0) is 62.2 Å². The summed E-state index contributed by atoms with van der Waals surface area (Å²) in [6.07, 6.45) is 1.80. The molecule has 0 fully saturated rings. The molecule has 9 nitrogen and oxygen atoms in total. The highest BCUT2D eigenvalue weighted by Crippen LogP contribution is 2.33. The van der Waals surface area contributed by atoms with E-state index in [1.54, 1.807) is 20.3 Å². The van der Waals surface area contributed by atoms with Crippen LogP contribution in [-0.4, -0.2) is 32.8 Å². The quantitative estimate of drug-likeness (QED) is 0.302. The molecule has 1 N–H and O–H groups in total. The lowest BCUT2D eigenvalue weighted by Gasteiger charge is -2.18. The van der Waals surface area contributed by atoms with Gasteiger partial charge in [-0.15, -0.1) is 11.3 Å². The van der Waals surface area contributed by atoms with Crippen molar-refractivity contribution in [3.05, 3.63) is 110 Å². The predicted octanol–water partition coefficient (Wildman–Crippen LogP) is 5.08. The van der Waals surface area contributed by atoms with Crippen molar-refractivity contribution in [2.24, 2.45) is 17.1 Å². The molecule has 0 saturated carbocycles. The molecule has 1 aliphatic heterocycles. The van der Waals surface area contributed by atoms with E-state index in [1.165, 1.54) is 16.9 Å². The Morgan fingerprint density at radius 1 is 1.00 bits per heavy atom. The van der Waals surface area contributed by atoms with E-state index in [2.05, 4.69) is 18.3 Å². The van der Waals surface area contributed by atoms with Gasteiger partial charge in [-0.2, -0.15) is 5.10 Å². The standard InChI is InChI=1S/C31H28N6O3S/c1-19-10-11-23(20(2)14-19)16-32-36-26(22-12-13-27-25(15-22)33-28(38)17-40-27)18-41-31(36)34-29-21(3)35(4)37(30(29)39)24-8-6-5-7-9-24/h5-16,18H,17H2,1-4H3,(H,33,38). The van der Waals surface area contributed by atoms with Gasteiger partial charge >= 0.3 is 0 Å². The number of para-hydroxylation sites is 1. The molecule has 3 aromatic carbocycles. The van der Waals surface area contributed by atoms with Crippen LogP contribution >= 0.6 is 11.3 Å². The maximum absolute atomic E-state index is 13.6. The van der Waals surface area contributed by atoms with Crippen LogP contribution in [-0.2, 0) is 11.8 Å². The molecule has 6 rings (SSSR count). The Hall–Kier alpha value is -4.96. The van der Waals surface area contributed by atoms with Crippen LogP contribution < -0.4 is 20.4 Å². The normalized spacial score (nSPS) is 13.4. The molecule has 10 heteroatoms. The van der Waals surface area contributed by atoms with Crippen LogP contribution in [0.2, 0.25) is 0 Å². The fraction of sp³-hybridized carbons (Fsp3) is 0.161. The number of aromatic nitrogens is 3. The Kier molecular flexibility index (Phi) is 6.76. The molecule has 0 atom stereocenters. The fourth-order valence-corrected chi connectivity index (χ4v) is 5.64. The van der Waals surface area contributed by atoms with E-state index in [-0.39, 0.29) is 18.1 Å². The third-order valence-corrected chi connectivity index (χ3v) is 7.88. The molecule has 0 aliphatic carbocycles. The molecule has 41 heavy (non-hydrogen) atoms. The molecule has 2 aromatic heterocycles. The highest BCUT2D eigenvalue weighted by atomic mass is 32.1. The number of nitrogens with one attached hydrogen (secondary N) is 1. The Balaban J connectivity index is 1.53. The number of fused-ring (bicyclic) bond motifs is 1. The smallest absolute Gasteiger partial charge is 0.297 e. The summed E-state index contributed by atoms with van der Waals surface area (Å²) in [4.78, 5) is 30.9. The Bertz CT molecular complexity index is 1960. The molecule has 0 radical (unpaired) electrons. The zero-order chi connectivity index (χ0) is 28.7. The first-order chi connectivity index (χ1) is 19.8. The van der Waals surface area contributed by atoms with Crippen LogP contribution in [0, 0.1) is 20.8 Å². The average Bonchev–Trinajstić information content (AvgIpc) is 3.46. The second-order valence-corrected chi connectivity index (χ2v) is 10.7. The summed E-state index contributed by atoms with van der Waals surface area (Å²) >= 11 is 1.38. The third kappa shape index (κ3) is 4.93. The largest absolute Gasteiger partial charge is 0.482 e. The number of anilines is 1. The van der Waals surface area contributed by atoms with E-state index < -0.39 is 0 Å². The predicted molar refractivity (Wildman–Crippen MR) is 162 cm³/mol. The van der Waals surface area contributed by atoms with E-state index in [9.17, 15) is 9.59 Å². The van der Waals surface area contributed by atoms with Gasteiger partial charge in [0.25, 0.3) is 11.5 Å². The van der Waals surface area contributed by atoms with Crippen LogP contribution in [0.15, 0.2) is 87.0 Å². The SMILES string of the molecule is Cc1ccc(C=Nn2c(-c3ccc4c(c3)NC(=O)CO4)csc2=Nc2c(C)n(C)n(-c3ccccc3)c2=O)c(C)c1. The zero-order valence-electron chi connectivity index (χ0n) is 23.1. The van der Waals surface area contributed by atoms with Crippen molar-refractivity contribution in [1.29, 1.82) is 0 Å². The second kappa shape index (κ2) is 10.5. The lowest BCUT2D eigenvalue weighted by molar-refractivity contribution is -0.118. The van der Waals surface area contributed by atoms with Gasteiger partial charge in [-0.3, -0.25) is 14.3 Å². The number of rotatable bonds is 5. The topological polar surface area (TPSA) is 94.9 Å². The van der Waals surface area contributed by atoms with Gasteiger partial charge in [0.2, 0.25) is 4.80 Å². The average molecular weight is 565 g/mol. The van der Waals surface area contributed by atoms with Crippen LogP contribution in [0.3, 0.4) is 0 Å². The number of benzene rings is 3. The van der Waals surface area contributed by atoms with Gasteiger partial charge in [-0.25, -0.2) is 14.4 Å². The third-order valence-electron chi connectivity index (χ3n) is 7.06. The molecular weight excluding hydrogens is 536 g/mol. The lowest BCUT2D eigenvalue weighted by atomic mass is 10.1. The van der Waals surface area contributed by atoms with Gasteiger partial charge in [0.15, 0.2) is 12.3 Å². The number of aryl methyl sites for hydroxylation is 2. The summed E-state index contributed by atoms with van der Waals surface area (Å²) < 4.78 is 10.7. The highest BCUT2D eigenvalue weighted by molar-refractivity contribution is 7.07. The molecule has 1 aliphatic rings. The number of thiazole rings is 1. The van der Waals surface area contributed by atoms with Crippen molar-refractivity contribution in [2.75, 3.05) is 11.9 Å². The first-order valence-corrected chi connectivity index (χ1v) is 14.0. The van der Waals surface area contributed by atoms with Gasteiger partial charge in [0.1, 0.15) is 5.75 Å². The summed E-state index contributed by atoms with van der Waals surface area (Å²) in [5.41, 5.74) is 7.03. The Labute approximate surface area is 240 Å². The van der Waals surface area contributed by atoms with E-state index in [0.717, 1.165) is 33.8 Å². The minimum absolute atomic E-state index is 0.00897. The fourth-order valence-electron chi connectivity index (χ4n) is 4.80. The van der Waals surface area contributed by atoms with Crippen LogP contribution in [0.1, 0.15) is 22.4 Å². The summed E-state index contributed by atoms with van der Waals surface area (Å²) in [5, 5.41) is 9.66. The summed E-state index contributed by atoms with van der Waals surface area (Å²) in [6.45, 7) is 5.97. The van der Waals surface area contributed by atoms with E-state index >= 15 is 0 Å². The first kappa shape index (κ1) is 26.3. The lowest BCUT2D eigenvalue weighted by Crippen LogP contribution is -2.25. The Morgan fingerprint density at radius 2 is 1.80 bits per heavy atom. The van der Waals surface area contributed by atoms with Crippen molar-refractivity contribution in [2.45, 2.75) is 20.8 Å². The number of ether oxygens (including phenoxy) is 1. The van der Waals surface area contributed by atoms with Gasteiger partial charge in [0, 0.05) is 18.0 Å². The maximum atomic E-state index is 13.6. The Morgan fingerprint density at radius 3 is 2.59 bits per heavy atom. The van der Waals surface area contributed by atoms with Crippen molar-refractivity contribution in [3.8, 4) is 22.7 Å². The number of hydrogen-bond donors (Lipinski definition) is 1. The molecule has 1 amide bonds. The number of amides is 1. The minimum Gasteiger partial charge on any atom is -0.482 e. The minimum atomic E-state index is -0.218. The van der Waals surface area contributed by atoms with E-state index in [1.807, 2.05) is 86.9 Å². The van der Waals surface area contributed by atoms with Crippen molar-refractivity contribution in [1.82, 2.24) is 14.0 Å². The molecule has 0 bridgehead atoms. The summed E-state index contributed by atoms with van der Waals surface area (Å²) in [7, 11) is 1.85. The van der Waals surface area contributed by atoms with Crippen LogP contribution in [0.25, 0.3) is 16.9 Å². The van der Waals surface area contributed by atoms with Gasteiger partial charge in [-0.1, -0.05) is 42.0 Å². The summed E-state index contributed by atoms with van der Waals surface area (Å²) in [5.74, 6) is 0.408. The van der Waals surface area contributed by atoms with Crippen LogP contribution in [0.5, 0.6) is 5.75 Å². The number of nitrogens with zero attached hydrogens (tertiary/aromatic N) is 5. The van der Waals surface area contributed by atoms with Crippen LogP contribution in [0.4, 0.5) is 11.4 Å². The van der Waals surface area contributed by atoms with Crippen molar-refractivity contribution in [3.63, 3.8) is 0 Å². The zero-order valence-corrected chi connectivity index (χ0v) is 23.9. The van der Waals surface area contributed by atoms with Crippen molar-refractivity contribution >= 4 is 34.8 Å². The van der Waals surface area contributed by atoms with Gasteiger partial charge in [0.05, 0.1) is 29.0 Å². The molecule has 0 unspecified atom stereocenters. The molecule has 0 saturated heterocycles. The molecule has 5 aromatic rings. The molecule has 206 valence electrons. The first-order valence-electron chi connectivity index (χ1n) is 13.1. The maximum Gasteiger partial charge on any atom is 0.297 e. The van der Waals surface area contributed by atoms with E-state index in [4.69, 9.17) is 14.8 Å². The molecule has 0 spiro atoms. The highest BCUT2D eigenvalue weighted by Gasteiger charge is 2.19. The monoisotopic (exact) mass is 564 g/mol. The molecular formula is C31H28N6O3S. The molecule has 3 heterocycles. The van der Waals surface area contributed by atoms with E-state index in [0.29, 0.717) is 21.9 Å². The van der Waals surface area contributed by atoms with Crippen molar-refractivity contribution < 1.29 is 9.53 Å². The van der Waals surface area contributed by atoms with Gasteiger partial charge < -0.3 is 10.1 Å². The number of carbonyl (C=O) groups excluding carboxylic acids is 1. The number of hydrogen-bond acceptors (Lipinski definition) is 6. The second-order valence-electron chi connectivity index (χ2n) is 9.89.